The number of halogens is 1. The quantitative estimate of drug-likeness (QED) is 0.839. The molecule has 1 spiro atoms. The fourth-order valence-corrected chi connectivity index (χ4v) is 4.29. The maximum atomic E-state index is 14.0. The maximum absolute atomic E-state index is 14.0. The fraction of sp³-hybridized carbons (Fsp3) is 0.364. The number of nitrogens with zero attached hydrogens (tertiary/aromatic N) is 1. The van der Waals surface area contributed by atoms with E-state index >= 15 is 0 Å². The summed E-state index contributed by atoms with van der Waals surface area (Å²) < 4.78 is 14.0. The molecule has 0 aliphatic carbocycles. The summed E-state index contributed by atoms with van der Waals surface area (Å²) in [6, 6.07) is 13.3. The summed E-state index contributed by atoms with van der Waals surface area (Å²) in [5.74, 6) is -0.653. The van der Waals surface area contributed by atoms with Crippen LogP contribution in [0.5, 0.6) is 0 Å². The van der Waals surface area contributed by atoms with Gasteiger partial charge in [-0.1, -0.05) is 30.3 Å². The maximum Gasteiger partial charge on any atom is 0.253 e. The third kappa shape index (κ3) is 3.18. The number of hydrogen-bond donors (Lipinski definition) is 2. The van der Waals surface area contributed by atoms with Gasteiger partial charge in [0.15, 0.2) is 0 Å². The first kappa shape index (κ1) is 18.6. The normalized spacial score (nSPS) is 24.9. The number of aliphatic hydroxyl groups is 1. The molecule has 28 heavy (non-hydrogen) atoms. The Morgan fingerprint density at radius 1 is 1.18 bits per heavy atom. The van der Waals surface area contributed by atoms with Gasteiger partial charge < -0.3 is 15.3 Å². The molecule has 2 aromatic rings. The molecule has 0 radical (unpaired) electrons. The smallest absolute Gasteiger partial charge is 0.253 e. The van der Waals surface area contributed by atoms with Crippen LogP contribution in [0.25, 0.3) is 11.1 Å². The van der Waals surface area contributed by atoms with Gasteiger partial charge in [-0.15, -0.1) is 0 Å². The Labute approximate surface area is 163 Å². The third-order valence-electron chi connectivity index (χ3n) is 5.92. The van der Waals surface area contributed by atoms with E-state index in [2.05, 4.69) is 5.32 Å². The van der Waals surface area contributed by atoms with Crippen molar-refractivity contribution in [1.29, 1.82) is 0 Å². The second-order valence-corrected chi connectivity index (χ2v) is 7.60. The molecule has 146 valence electrons. The predicted molar refractivity (Wildman–Crippen MR) is 103 cm³/mol. The average molecular weight is 382 g/mol. The predicted octanol–water partition coefficient (Wildman–Crippen LogP) is 2.60. The summed E-state index contributed by atoms with van der Waals surface area (Å²) in [5.41, 5.74) is 0.759. The van der Waals surface area contributed by atoms with E-state index < -0.39 is 11.5 Å². The van der Waals surface area contributed by atoms with Crippen LogP contribution in [0.1, 0.15) is 29.6 Å². The van der Waals surface area contributed by atoms with Crippen LogP contribution in [0.2, 0.25) is 0 Å². The second-order valence-electron chi connectivity index (χ2n) is 7.60. The molecule has 2 amide bonds. The number of nitrogens with one attached hydrogen (secondary N) is 1. The summed E-state index contributed by atoms with van der Waals surface area (Å²) in [4.78, 5) is 27.1. The lowest BCUT2D eigenvalue weighted by atomic mass is 9.71. The molecule has 0 bridgehead atoms. The largest absolute Gasteiger partial charge is 0.392 e. The van der Waals surface area contributed by atoms with Crippen molar-refractivity contribution in [3.63, 3.8) is 0 Å². The van der Waals surface area contributed by atoms with E-state index in [0.717, 1.165) is 6.42 Å². The average Bonchev–Trinajstić information content (AvgIpc) is 2.72. The van der Waals surface area contributed by atoms with Crippen molar-refractivity contribution in [2.45, 2.75) is 25.4 Å². The van der Waals surface area contributed by atoms with Gasteiger partial charge in [-0.05, 0) is 43.0 Å². The van der Waals surface area contributed by atoms with Crippen LogP contribution in [0.4, 0.5) is 4.39 Å². The van der Waals surface area contributed by atoms with Gasteiger partial charge in [0.05, 0.1) is 11.5 Å². The van der Waals surface area contributed by atoms with Crippen LogP contribution in [0.3, 0.4) is 0 Å². The van der Waals surface area contributed by atoms with E-state index in [4.69, 9.17) is 0 Å². The minimum Gasteiger partial charge on any atom is -0.392 e. The lowest BCUT2D eigenvalue weighted by Crippen LogP contribution is -2.62. The Balaban J connectivity index is 1.54. The molecule has 0 aromatic heterocycles. The topological polar surface area (TPSA) is 69.6 Å². The monoisotopic (exact) mass is 382 g/mol. The standard InChI is InChI=1S/C22H23FN2O3/c23-18-5-2-1-4-17(18)15-6-8-16(9-7-15)20(27)25-13-10-19(26)22(14-25)11-3-12-24-21(22)28/h1-2,4-9,19,26H,3,10-14H2,(H,24,28)/t19-,22+/m0/s1. The molecule has 2 heterocycles. The van der Waals surface area contributed by atoms with Gasteiger partial charge in [-0.3, -0.25) is 9.59 Å². The van der Waals surface area contributed by atoms with Crippen LogP contribution in [-0.2, 0) is 4.79 Å². The molecule has 2 atom stereocenters. The van der Waals surface area contributed by atoms with Gasteiger partial charge in [0, 0.05) is 30.8 Å². The number of carbonyl (C=O) groups is 2. The van der Waals surface area contributed by atoms with Crippen molar-refractivity contribution >= 4 is 11.8 Å². The molecule has 2 aliphatic heterocycles. The fourth-order valence-electron chi connectivity index (χ4n) is 4.29. The number of likely N-dealkylation sites (tertiary alicyclic amines) is 1. The first-order valence-electron chi connectivity index (χ1n) is 9.62. The molecule has 6 heteroatoms. The Kier molecular flexibility index (Phi) is 4.89. The number of piperidine rings is 2. The summed E-state index contributed by atoms with van der Waals surface area (Å²) in [6.07, 6.45) is 1.02. The molecule has 2 aromatic carbocycles. The van der Waals surface area contributed by atoms with Crippen LogP contribution >= 0.6 is 0 Å². The van der Waals surface area contributed by atoms with E-state index in [-0.39, 0.29) is 24.2 Å². The van der Waals surface area contributed by atoms with Gasteiger partial charge in [0.1, 0.15) is 5.82 Å². The summed E-state index contributed by atoms with van der Waals surface area (Å²) >= 11 is 0. The highest BCUT2D eigenvalue weighted by Crippen LogP contribution is 2.37. The van der Waals surface area contributed by atoms with Crippen molar-refractivity contribution in [2.75, 3.05) is 19.6 Å². The molecule has 2 aliphatic rings. The summed E-state index contributed by atoms with van der Waals surface area (Å²) in [7, 11) is 0. The number of rotatable bonds is 2. The lowest BCUT2D eigenvalue weighted by Gasteiger charge is -2.46. The highest BCUT2D eigenvalue weighted by atomic mass is 19.1. The minimum atomic E-state index is -0.917. The molecule has 0 saturated carbocycles. The molecule has 4 rings (SSSR count). The first-order chi connectivity index (χ1) is 13.5. The lowest BCUT2D eigenvalue weighted by molar-refractivity contribution is -0.147. The van der Waals surface area contributed by atoms with Crippen molar-refractivity contribution in [3.05, 3.63) is 59.9 Å². The molecule has 2 saturated heterocycles. The van der Waals surface area contributed by atoms with Crippen molar-refractivity contribution in [1.82, 2.24) is 10.2 Å². The van der Waals surface area contributed by atoms with Gasteiger partial charge in [-0.25, -0.2) is 4.39 Å². The molecule has 0 unspecified atom stereocenters. The summed E-state index contributed by atoms with van der Waals surface area (Å²) in [6.45, 7) is 1.23. The SMILES string of the molecule is O=C(c1ccc(-c2ccccc2F)cc1)N1CC[C@H](O)[C@@]2(CCCNC2=O)C1. The van der Waals surface area contributed by atoms with E-state index in [1.54, 1.807) is 47.4 Å². The van der Waals surface area contributed by atoms with Crippen LogP contribution < -0.4 is 5.32 Å². The Morgan fingerprint density at radius 2 is 1.93 bits per heavy atom. The van der Waals surface area contributed by atoms with Gasteiger partial charge >= 0.3 is 0 Å². The molecule has 2 fully saturated rings. The summed E-state index contributed by atoms with van der Waals surface area (Å²) in [5, 5.41) is 13.3. The zero-order valence-corrected chi connectivity index (χ0v) is 15.5. The highest BCUT2D eigenvalue weighted by molar-refractivity contribution is 5.95. The molecule has 5 nitrogen and oxygen atoms in total. The number of carbonyl (C=O) groups excluding carboxylic acids is 2. The first-order valence-corrected chi connectivity index (χ1v) is 9.62. The number of hydrogen-bond acceptors (Lipinski definition) is 3. The highest BCUT2D eigenvalue weighted by Gasteiger charge is 2.50. The number of benzene rings is 2. The third-order valence-corrected chi connectivity index (χ3v) is 5.92. The molecular formula is C22H23FN2O3. The minimum absolute atomic E-state index is 0.168. The molecular weight excluding hydrogens is 359 g/mol. The Bertz CT molecular complexity index is 899. The number of amides is 2. The zero-order valence-electron chi connectivity index (χ0n) is 15.5. The van der Waals surface area contributed by atoms with Crippen LogP contribution in [0.15, 0.2) is 48.5 Å². The van der Waals surface area contributed by atoms with Gasteiger partial charge in [0.2, 0.25) is 5.91 Å². The second kappa shape index (κ2) is 7.36. The zero-order chi connectivity index (χ0) is 19.7. The van der Waals surface area contributed by atoms with E-state index in [1.807, 2.05) is 0 Å². The van der Waals surface area contributed by atoms with Crippen molar-refractivity contribution in [2.24, 2.45) is 5.41 Å². The van der Waals surface area contributed by atoms with Crippen LogP contribution in [-0.4, -0.2) is 47.6 Å². The van der Waals surface area contributed by atoms with Crippen molar-refractivity contribution in [3.8, 4) is 11.1 Å². The number of aliphatic hydroxyl groups excluding tert-OH is 1. The Morgan fingerprint density at radius 3 is 2.64 bits per heavy atom. The van der Waals surface area contributed by atoms with E-state index in [1.165, 1.54) is 6.07 Å². The Hall–Kier alpha value is -2.73. The van der Waals surface area contributed by atoms with Gasteiger partial charge in [-0.2, -0.15) is 0 Å². The van der Waals surface area contributed by atoms with E-state index in [0.29, 0.717) is 42.6 Å². The molecule has 2 N–H and O–H groups in total. The van der Waals surface area contributed by atoms with E-state index in [9.17, 15) is 19.1 Å². The van der Waals surface area contributed by atoms with Crippen LogP contribution in [0, 0.1) is 11.2 Å². The van der Waals surface area contributed by atoms with Crippen molar-refractivity contribution < 1.29 is 19.1 Å². The van der Waals surface area contributed by atoms with Gasteiger partial charge in [0.25, 0.3) is 5.91 Å².